The number of benzene rings is 1. The van der Waals surface area contributed by atoms with Crippen LogP contribution in [0, 0.1) is 5.82 Å². The molecule has 0 aliphatic carbocycles. The summed E-state index contributed by atoms with van der Waals surface area (Å²) in [5.74, 6) is 0.265. The smallest absolute Gasteiger partial charge is 0.246 e. The zero-order valence-electron chi connectivity index (χ0n) is 16.6. The van der Waals surface area contributed by atoms with Crippen molar-refractivity contribution in [1.29, 1.82) is 0 Å². The van der Waals surface area contributed by atoms with Crippen molar-refractivity contribution in [3.63, 3.8) is 0 Å². The van der Waals surface area contributed by atoms with Crippen LogP contribution in [0.4, 0.5) is 15.9 Å². The molecule has 1 saturated heterocycles. The maximum absolute atomic E-state index is 14.5. The highest BCUT2D eigenvalue weighted by Crippen LogP contribution is 2.32. The Labute approximate surface area is 182 Å². The van der Waals surface area contributed by atoms with E-state index in [1.165, 1.54) is 31.6 Å². The summed E-state index contributed by atoms with van der Waals surface area (Å²) in [6.45, 7) is 4.55. The second-order valence-electron chi connectivity index (χ2n) is 6.85. The highest BCUT2D eigenvalue weighted by atomic mass is 35.5. The van der Waals surface area contributed by atoms with Crippen LogP contribution in [0.25, 0.3) is 11.0 Å². The lowest BCUT2D eigenvalue weighted by atomic mass is 10.2. The van der Waals surface area contributed by atoms with Crippen LogP contribution in [0.3, 0.4) is 0 Å². The number of nitrogens with zero attached hydrogens (tertiary/aromatic N) is 4. The Morgan fingerprint density at radius 2 is 2.23 bits per heavy atom. The lowest BCUT2D eigenvalue weighted by Gasteiger charge is -2.16. The van der Waals surface area contributed by atoms with E-state index < -0.39 is 5.82 Å². The lowest BCUT2D eigenvalue weighted by Crippen LogP contribution is -2.29. The minimum Gasteiger partial charge on any atom is -0.497 e. The fourth-order valence-corrected chi connectivity index (χ4v) is 3.51. The van der Waals surface area contributed by atoms with Crippen LogP contribution >= 0.6 is 11.6 Å². The molecule has 8 nitrogen and oxygen atoms in total. The van der Waals surface area contributed by atoms with Gasteiger partial charge in [-0.1, -0.05) is 18.2 Å². The van der Waals surface area contributed by atoms with Crippen molar-refractivity contribution in [1.82, 2.24) is 19.9 Å². The number of ether oxygens (including phenoxy) is 2. The van der Waals surface area contributed by atoms with Gasteiger partial charge in [0.05, 0.1) is 29.9 Å². The first-order valence-corrected chi connectivity index (χ1v) is 9.86. The predicted molar refractivity (Wildman–Crippen MR) is 114 cm³/mol. The van der Waals surface area contributed by atoms with Gasteiger partial charge in [-0.15, -0.1) is 0 Å². The Balaban J connectivity index is 1.61. The molecule has 3 heterocycles. The van der Waals surface area contributed by atoms with Crippen molar-refractivity contribution in [2.24, 2.45) is 0 Å². The average molecular weight is 444 g/mol. The van der Waals surface area contributed by atoms with Crippen molar-refractivity contribution in [2.75, 3.05) is 25.5 Å². The number of likely N-dealkylation sites (tertiary alicyclic amines) is 1. The number of carbonyl (C=O) groups is 1. The van der Waals surface area contributed by atoms with Gasteiger partial charge in [0.2, 0.25) is 11.8 Å². The van der Waals surface area contributed by atoms with Crippen molar-refractivity contribution >= 4 is 40.0 Å². The van der Waals surface area contributed by atoms with Crippen LogP contribution in [0.2, 0.25) is 5.02 Å². The molecule has 160 valence electrons. The molecule has 1 aromatic carbocycles. The zero-order chi connectivity index (χ0) is 22.0. The van der Waals surface area contributed by atoms with E-state index in [4.69, 9.17) is 21.1 Å². The van der Waals surface area contributed by atoms with Crippen molar-refractivity contribution in [2.45, 2.75) is 12.5 Å². The number of halogens is 2. The van der Waals surface area contributed by atoms with E-state index in [1.54, 1.807) is 17.0 Å². The molecule has 1 atom stereocenters. The van der Waals surface area contributed by atoms with Crippen LogP contribution < -0.4 is 14.8 Å². The SMILES string of the molecule is C=CC(=O)N1CC[C@H](Oc2ccc3ncnc(Nc4cc(OC)cc(Cl)c4F)c3n2)C1. The first-order valence-electron chi connectivity index (χ1n) is 9.48. The maximum Gasteiger partial charge on any atom is 0.246 e. The highest BCUT2D eigenvalue weighted by molar-refractivity contribution is 6.31. The summed E-state index contributed by atoms with van der Waals surface area (Å²) in [7, 11) is 1.46. The molecule has 31 heavy (non-hydrogen) atoms. The lowest BCUT2D eigenvalue weighted by molar-refractivity contribution is -0.125. The number of pyridine rings is 1. The minimum absolute atomic E-state index is 0.0861. The Morgan fingerprint density at radius 3 is 3.00 bits per heavy atom. The van der Waals surface area contributed by atoms with Gasteiger partial charge in [-0.25, -0.2) is 19.3 Å². The van der Waals surface area contributed by atoms with Crippen LogP contribution in [0.1, 0.15) is 6.42 Å². The number of rotatable bonds is 6. The molecule has 4 rings (SSSR count). The third-order valence-electron chi connectivity index (χ3n) is 4.87. The number of hydrogen-bond acceptors (Lipinski definition) is 7. The van der Waals surface area contributed by atoms with Crippen LogP contribution in [0.5, 0.6) is 11.6 Å². The van der Waals surface area contributed by atoms with Crippen LogP contribution in [-0.4, -0.2) is 52.1 Å². The first-order chi connectivity index (χ1) is 15.0. The molecule has 0 spiro atoms. The first kappa shape index (κ1) is 20.8. The van der Waals surface area contributed by atoms with Gasteiger partial charge < -0.3 is 19.7 Å². The molecule has 3 aromatic rings. The molecule has 0 saturated carbocycles. The monoisotopic (exact) mass is 443 g/mol. The summed E-state index contributed by atoms with van der Waals surface area (Å²) in [5, 5.41) is 2.82. The fraction of sp³-hybridized carbons (Fsp3) is 0.238. The highest BCUT2D eigenvalue weighted by Gasteiger charge is 2.26. The number of amides is 1. The van der Waals surface area contributed by atoms with Crippen molar-refractivity contribution in [3.05, 3.63) is 54.1 Å². The minimum atomic E-state index is -0.639. The van der Waals surface area contributed by atoms with Gasteiger partial charge in [-0.05, 0) is 12.1 Å². The van der Waals surface area contributed by atoms with Gasteiger partial charge in [0.25, 0.3) is 0 Å². The van der Waals surface area contributed by atoms with E-state index in [0.29, 0.717) is 42.2 Å². The Bertz CT molecular complexity index is 1160. The predicted octanol–water partition coefficient (Wildman–Crippen LogP) is 3.74. The molecule has 1 N–H and O–H groups in total. The van der Waals surface area contributed by atoms with Crippen molar-refractivity contribution in [3.8, 4) is 11.6 Å². The number of fused-ring (bicyclic) bond motifs is 1. The molecular weight excluding hydrogens is 425 g/mol. The molecule has 10 heteroatoms. The molecule has 1 aliphatic heterocycles. The standard InChI is InChI=1S/C21H19ClFN5O3/c1-3-18(29)28-7-6-12(10-28)31-17-5-4-15-20(27-17)21(25-11-24-15)26-16-9-13(30-2)8-14(22)19(16)23/h3-5,8-9,11-12H,1,6-7,10H2,2H3,(H,24,25,26)/t12-/m0/s1. The van der Waals surface area contributed by atoms with Gasteiger partial charge in [-0.3, -0.25) is 4.79 Å². The van der Waals surface area contributed by atoms with Crippen molar-refractivity contribution < 1.29 is 18.7 Å². The van der Waals surface area contributed by atoms with Gasteiger partial charge in [0, 0.05) is 31.2 Å². The van der Waals surface area contributed by atoms with E-state index in [9.17, 15) is 9.18 Å². The van der Waals surface area contributed by atoms with E-state index in [1.807, 2.05) is 0 Å². The normalized spacial score (nSPS) is 15.7. The Kier molecular flexibility index (Phi) is 5.85. The number of carbonyl (C=O) groups excluding carboxylic acids is 1. The second-order valence-corrected chi connectivity index (χ2v) is 7.26. The van der Waals surface area contributed by atoms with E-state index in [0.717, 1.165) is 0 Å². The molecule has 1 amide bonds. The van der Waals surface area contributed by atoms with E-state index in [2.05, 4.69) is 26.8 Å². The third kappa shape index (κ3) is 4.36. The third-order valence-corrected chi connectivity index (χ3v) is 5.14. The summed E-state index contributed by atoms with van der Waals surface area (Å²) >= 11 is 5.95. The van der Waals surface area contributed by atoms with Gasteiger partial charge in [-0.2, -0.15) is 0 Å². The van der Waals surface area contributed by atoms with E-state index in [-0.39, 0.29) is 28.5 Å². The zero-order valence-corrected chi connectivity index (χ0v) is 17.4. The summed E-state index contributed by atoms with van der Waals surface area (Å²) in [6, 6.07) is 6.28. The number of aromatic nitrogens is 3. The van der Waals surface area contributed by atoms with Gasteiger partial charge >= 0.3 is 0 Å². The summed E-state index contributed by atoms with van der Waals surface area (Å²) in [6.07, 6.45) is 3.13. The Morgan fingerprint density at radius 1 is 1.39 bits per heavy atom. The van der Waals surface area contributed by atoms with E-state index >= 15 is 0 Å². The van der Waals surface area contributed by atoms with Gasteiger partial charge in [0.1, 0.15) is 23.7 Å². The quantitative estimate of drug-likeness (QED) is 0.580. The van der Waals surface area contributed by atoms with Gasteiger partial charge in [0.15, 0.2) is 11.6 Å². The summed E-state index contributed by atoms with van der Waals surface area (Å²) in [4.78, 5) is 26.3. The Hall–Kier alpha value is -3.46. The molecule has 0 unspecified atom stereocenters. The maximum atomic E-state index is 14.5. The fourth-order valence-electron chi connectivity index (χ4n) is 3.30. The second kappa shape index (κ2) is 8.73. The molecule has 0 bridgehead atoms. The number of hydrogen-bond donors (Lipinski definition) is 1. The summed E-state index contributed by atoms with van der Waals surface area (Å²) < 4.78 is 25.6. The largest absolute Gasteiger partial charge is 0.497 e. The number of methoxy groups -OCH3 is 1. The number of anilines is 2. The molecule has 1 fully saturated rings. The molecular formula is C21H19ClFN5O3. The van der Waals surface area contributed by atoms with Crippen LogP contribution in [-0.2, 0) is 4.79 Å². The topological polar surface area (TPSA) is 89.5 Å². The van der Waals surface area contributed by atoms with Crippen LogP contribution in [0.15, 0.2) is 43.2 Å². The number of nitrogens with one attached hydrogen (secondary N) is 1. The molecule has 0 radical (unpaired) electrons. The molecule has 1 aliphatic rings. The average Bonchev–Trinajstić information content (AvgIpc) is 3.25. The summed E-state index contributed by atoms with van der Waals surface area (Å²) in [5.41, 5.74) is 1.04. The molecule has 2 aromatic heterocycles.